The van der Waals surface area contributed by atoms with Crippen LogP contribution in [-0.4, -0.2) is 16.2 Å². The molecule has 0 radical (unpaired) electrons. The molecule has 0 aromatic heterocycles. The Kier molecular flexibility index (Phi) is 5.06. The summed E-state index contributed by atoms with van der Waals surface area (Å²) in [6, 6.07) is 4.84. The largest absolute Gasteiger partial charge is 0.481 e. The van der Waals surface area contributed by atoms with E-state index in [0.717, 1.165) is 0 Å². The molecule has 5 heteroatoms. The van der Waals surface area contributed by atoms with E-state index >= 15 is 0 Å². The van der Waals surface area contributed by atoms with E-state index in [9.17, 15) is 9.90 Å². The van der Waals surface area contributed by atoms with Crippen molar-refractivity contribution >= 4 is 29.2 Å². The maximum Gasteiger partial charge on any atom is 0.303 e. The van der Waals surface area contributed by atoms with Crippen LogP contribution in [-0.2, 0) is 4.79 Å². The first-order valence-electron chi connectivity index (χ1n) is 4.85. The molecule has 0 saturated heterocycles. The van der Waals surface area contributed by atoms with Crippen LogP contribution < -0.4 is 0 Å². The highest BCUT2D eigenvalue weighted by atomic mass is 35.5. The summed E-state index contributed by atoms with van der Waals surface area (Å²) in [5, 5.41) is 19.2. The minimum absolute atomic E-state index is 0.0369. The molecule has 0 aliphatic carbocycles. The first-order chi connectivity index (χ1) is 7.50. The number of carbonyl (C=O) groups is 1. The molecule has 0 aliphatic rings. The standard InChI is InChI=1S/C11H12Cl2O3/c12-7-4-5-9(13)8(6-7)10(14)2-1-3-11(15)16/h4-6,10,14H,1-3H2,(H,15,16). The summed E-state index contributed by atoms with van der Waals surface area (Å²) in [4.78, 5) is 10.3. The summed E-state index contributed by atoms with van der Waals surface area (Å²) in [7, 11) is 0. The topological polar surface area (TPSA) is 57.5 Å². The fourth-order valence-corrected chi connectivity index (χ4v) is 1.80. The number of halogens is 2. The third kappa shape index (κ3) is 4.00. The molecule has 0 spiro atoms. The molecule has 1 atom stereocenters. The van der Waals surface area contributed by atoms with Gasteiger partial charge in [-0.25, -0.2) is 0 Å². The van der Waals surface area contributed by atoms with Crippen LogP contribution in [0.2, 0.25) is 10.0 Å². The average Bonchev–Trinajstić information content (AvgIpc) is 2.21. The summed E-state index contributed by atoms with van der Waals surface area (Å²) in [6.07, 6.45) is 0.0200. The van der Waals surface area contributed by atoms with Crippen LogP contribution >= 0.6 is 23.2 Å². The monoisotopic (exact) mass is 262 g/mol. The van der Waals surface area contributed by atoms with Gasteiger partial charge in [0.05, 0.1) is 6.10 Å². The number of hydrogen-bond acceptors (Lipinski definition) is 2. The quantitative estimate of drug-likeness (QED) is 0.857. The van der Waals surface area contributed by atoms with Gasteiger partial charge in [0.25, 0.3) is 0 Å². The fraction of sp³-hybridized carbons (Fsp3) is 0.364. The normalized spacial score (nSPS) is 12.4. The summed E-state index contributed by atoms with van der Waals surface area (Å²) in [6.45, 7) is 0. The van der Waals surface area contributed by atoms with Gasteiger partial charge in [-0.05, 0) is 31.0 Å². The van der Waals surface area contributed by atoms with Crippen molar-refractivity contribution in [3.05, 3.63) is 33.8 Å². The SMILES string of the molecule is O=C(O)CCCC(O)c1cc(Cl)ccc1Cl. The van der Waals surface area contributed by atoms with Gasteiger partial charge in [-0.2, -0.15) is 0 Å². The molecule has 0 saturated carbocycles. The predicted molar refractivity (Wildman–Crippen MR) is 62.9 cm³/mol. The number of benzene rings is 1. The maximum atomic E-state index is 10.3. The van der Waals surface area contributed by atoms with E-state index in [1.54, 1.807) is 18.2 Å². The number of carboxylic acids is 1. The highest BCUT2D eigenvalue weighted by Gasteiger charge is 2.12. The van der Waals surface area contributed by atoms with Crippen molar-refractivity contribution in [3.8, 4) is 0 Å². The van der Waals surface area contributed by atoms with E-state index < -0.39 is 12.1 Å². The van der Waals surface area contributed by atoms with Crippen molar-refractivity contribution in [3.63, 3.8) is 0 Å². The van der Waals surface area contributed by atoms with Gasteiger partial charge in [0, 0.05) is 22.0 Å². The van der Waals surface area contributed by atoms with Gasteiger partial charge in [0.2, 0.25) is 0 Å². The lowest BCUT2D eigenvalue weighted by Crippen LogP contribution is -2.01. The second-order valence-corrected chi connectivity index (χ2v) is 4.31. The second-order valence-electron chi connectivity index (χ2n) is 3.47. The molecule has 0 aliphatic heterocycles. The molecule has 1 aromatic rings. The summed E-state index contributed by atoms with van der Waals surface area (Å²) in [5.74, 6) is -0.871. The lowest BCUT2D eigenvalue weighted by Gasteiger charge is -2.12. The summed E-state index contributed by atoms with van der Waals surface area (Å²) in [5.41, 5.74) is 0.541. The van der Waals surface area contributed by atoms with E-state index in [2.05, 4.69) is 0 Å². The van der Waals surface area contributed by atoms with Crippen molar-refractivity contribution in [2.24, 2.45) is 0 Å². The molecular weight excluding hydrogens is 251 g/mol. The van der Waals surface area contributed by atoms with Gasteiger partial charge in [-0.3, -0.25) is 4.79 Å². The molecule has 16 heavy (non-hydrogen) atoms. The van der Waals surface area contributed by atoms with Crippen molar-refractivity contribution < 1.29 is 15.0 Å². The molecule has 1 unspecified atom stereocenters. The van der Waals surface area contributed by atoms with Crippen LogP contribution in [0.15, 0.2) is 18.2 Å². The number of aliphatic hydroxyl groups is 1. The van der Waals surface area contributed by atoms with Crippen LogP contribution in [0.4, 0.5) is 0 Å². The van der Waals surface area contributed by atoms with Gasteiger partial charge >= 0.3 is 5.97 Å². The van der Waals surface area contributed by atoms with Crippen LogP contribution in [0.25, 0.3) is 0 Å². The minimum atomic E-state index is -0.871. The molecule has 1 rings (SSSR count). The smallest absolute Gasteiger partial charge is 0.303 e. The van der Waals surface area contributed by atoms with Crippen molar-refractivity contribution in [1.82, 2.24) is 0 Å². The average molecular weight is 263 g/mol. The summed E-state index contributed by atoms with van der Waals surface area (Å²) < 4.78 is 0. The van der Waals surface area contributed by atoms with Crippen molar-refractivity contribution in [2.45, 2.75) is 25.4 Å². The predicted octanol–water partition coefficient (Wildman–Crippen LogP) is 3.28. The third-order valence-electron chi connectivity index (χ3n) is 2.19. The molecule has 1 aromatic carbocycles. The zero-order chi connectivity index (χ0) is 12.1. The zero-order valence-corrected chi connectivity index (χ0v) is 10.0. The van der Waals surface area contributed by atoms with E-state index in [1.807, 2.05) is 0 Å². The van der Waals surface area contributed by atoms with Gasteiger partial charge < -0.3 is 10.2 Å². The van der Waals surface area contributed by atoms with Crippen LogP contribution in [0.3, 0.4) is 0 Å². The molecule has 0 amide bonds. The molecule has 88 valence electrons. The Morgan fingerprint density at radius 1 is 1.38 bits per heavy atom. The molecule has 3 nitrogen and oxygen atoms in total. The number of hydrogen-bond donors (Lipinski definition) is 2. The summed E-state index contributed by atoms with van der Waals surface area (Å²) >= 11 is 11.7. The van der Waals surface area contributed by atoms with Crippen LogP contribution in [0, 0.1) is 0 Å². The highest BCUT2D eigenvalue weighted by molar-refractivity contribution is 6.33. The second kappa shape index (κ2) is 6.09. The first kappa shape index (κ1) is 13.3. The maximum absolute atomic E-state index is 10.3. The van der Waals surface area contributed by atoms with E-state index in [-0.39, 0.29) is 6.42 Å². The minimum Gasteiger partial charge on any atom is -0.481 e. The van der Waals surface area contributed by atoms with Crippen LogP contribution in [0.5, 0.6) is 0 Å². The Bertz CT molecular complexity index is 379. The number of aliphatic carboxylic acids is 1. The molecule has 2 N–H and O–H groups in total. The Balaban J connectivity index is 2.61. The highest BCUT2D eigenvalue weighted by Crippen LogP contribution is 2.29. The van der Waals surface area contributed by atoms with Crippen molar-refractivity contribution in [1.29, 1.82) is 0 Å². The van der Waals surface area contributed by atoms with E-state index in [4.69, 9.17) is 28.3 Å². The molecule has 0 fully saturated rings. The molecular formula is C11H12Cl2O3. The first-order valence-corrected chi connectivity index (χ1v) is 5.61. The molecule has 0 bridgehead atoms. The number of carboxylic acid groups (broad SMARTS) is 1. The Morgan fingerprint density at radius 3 is 2.69 bits per heavy atom. The van der Waals surface area contributed by atoms with E-state index in [0.29, 0.717) is 28.5 Å². The Morgan fingerprint density at radius 2 is 2.06 bits per heavy atom. The van der Waals surface area contributed by atoms with Gasteiger partial charge in [-0.15, -0.1) is 0 Å². The Hall–Kier alpha value is -0.770. The van der Waals surface area contributed by atoms with Gasteiger partial charge in [0.1, 0.15) is 0 Å². The molecule has 0 heterocycles. The van der Waals surface area contributed by atoms with Gasteiger partial charge in [0.15, 0.2) is 0 Å². The zero-order valence-electron chi connectivity index (χ0n) is 8.49. The van der Waals surface area contributed by atoms with Crippen LogP contribution in [0.1, 0.15) is 30.9 Å². The van der Waals surface area contributed by atoms with Crippen molar-refractivity contribution in [2.75, 3.05) is 0 Å². The third-order valence-corrected chi connectivity index (χ3v) is 2.76. The lowest BCUT2D eigenvalue weighted by atomic mass is 10.0. The fourth-order valence-electron chi connectivity index (χ4n) is 1.37. The van der Waals surface area contributed by atoms with E-state index in [1.165, 1.54) is 0 Å². The number of rotatable bonds is 5. The van der Waals surface area contributed by atoms with Gasteiger partial charge in [-0.1, -0.05) is 23.2 Å². The lowest BCUT2D eigenvalue weighted by molar-refractivity contribution is -0.137. The Labute approximate surface area is 104 Å². The number of aliphatic hydroxyl groups excluding tert-OH is 1.